The topological polar surface area (TPSA) is 62.5 Å². The van der Waals surface area contributed by atoms with Crippen LogP contribution in [0.15, 0.2) is 24.3 Å². The summed E-state index contributed by atoms with van der Waals surface area (Å²) in [7, 11) is 0. The maximum atomic E-state index is 10.8. The van der Waals surface area contributed by atoms with E-state index in [4.69, 9.17) is 10.2 Å². The normalized spacial score (nSPS) is 10.9. The van der Waals surface area contributed by atoms with Gasteiger partial charge in [0.1, 0.15) is 0 Å². The van der Waals surface area contributed by atoms with Gasteiger partial charge in [0.25, 0.3) is 0 Å². The Morgan fingerprint density at radius 3 is 2.75 bits per heavy atom. The second-order valence-corrected chi connectivity index (χ2v) is 3.74. The molecule has 0 amide bonds. The minimum absolute atomic E-state index is 0.0747. The summed E-state index contributed by atoms with van der Waals surface area (Å²) in [6.45, 7) is 2.54. The van der Waals surface area contributed by atoms with Crippen molar-refractivity contribution in [3.05, 3.63) is 35.5 Å². The molecular weight excluding hydrogens is 206 g/mol. The van der Waals surface area contributed by atoms with Crippen molar-refractivity contribution in [2.24, 2.45) is 0 Å². The highest BCUT2D eigenvalue weighted by molar-refractivity contribution is 5.94. The number of carboxylic acid groups (broad SMARTS) is 1. The molecule has 1 heterocycles. The summed E-state index contributed by atoms with van der Waals surface area (Å²) in [5, 5.41) is 18.7. The Morgan fingerprint density at radius 2 is 2.12 bits per heavy atom. The van der Waals surface area contributed by atoms with Gasteiger partial charge in [0.05, 0.1) is 12.2 Å². The van der Waals surface area contributed by atoms with Gasteiger partial charge in [-0.05, 0) is 31.2 Å². The highest BCUT2D eigenvalue weighted by atomic mass is 16.4. The number of fused-ring (bicyclic) bond motifs is 1. The van der Waals surface area contributed by atoms with E-state index in [0.29, 0.717) is 6.54 Å². The number of nitrogens with zero attached hydrogens (tertiary/aromatic N) is 1. The third-order valence-electron chi connectivity index (χ3n) is 2.68. The fourth-order valence-corrected chi connectivity index (χ4v) is 1.94. The van der Waals surface area contributed by atoms with Gasteiger partial charge in [-0.15, -0.1) is 0 Å². The number of carboxylic acids is 1. The van der Waals surface area contributed by atoms with Crippen LogP contribution in [0.5, 0.6) is 0 Å². The molecule has 0 aliphatic rings. The van der Waals surface area contributed by atoms with Gasteiger partial charge in [-0.3, -0.25) is 0 Å². The first-order valence-electron chi connectivity index (χ1n) is 5.07. The molecule has 84 valence electrons. The molecule has 0 saturated carbocycles. The molecule has 0 bridgehead atoms. The van der Waals surface area contributed by atoms with E-state index >= 15 is 0 Å². The molecule has 2 N–H and O–H groups in total. The van der Waals surface area contributed by atoms with E-state index < -0.39 is 5.97 Å². The van der Waals surface area contributed by atoms with Gasteiger partial charge in [0.2, 0.25) is 0 Å². The van der Waals surface area contributed by atoms with Crippen LogP contribution < -0.4 is 0 Å². The first kappa shape index (κ1) is 10.7. The molecule has 0 spiro atoms. The van der Waals surface area contributed by atoms with Crippen LogP contribution in [0.2, 0.25) is 0 Å². The standard InChI is InChI=1S/C12H13NO3/c1-8-6-10-7-9(12(15)16)2-3-11(10)13(8)4-5-14/h2-3,6-7,14H,4-5H2,1H3,(H,15,16). The fourth-order valence-electron chi connectivity index (χ4n) is 1.94. The lowest BCUT2D eigenvalue weighted by atomic mass is 10.1. The highest BCUT2D eigenvalue weighted by Crippen LogP contribution is 2.20. The Hall–Kier alpha value is -1.81. The third-order valence-corrected chi connectivity index (χ3v) is 2.68. The average molecular weight is 219 g/mol. The summed E-state index contributed by atoms with van der Waals surface area (Å²) in [5.74, 6) is -0.922. The van der Waals surface area contributed by atoms with E-state index in [2.05, 4.69) is 0 Å². The third kappa shape index (κ3) is 1.67. The van der Waals surface area contributed by atoms with E-state index in [1.165, 1.54) is 0 Å². The van der Waals surface area contributed by atoms with E-state index in [9.17, 15) is 4.79 Å². The lowest BCUT2D eigenvalue weighted by Gasteiger charge is -2.05. The summed E-state index contributed by atoms with van der Waals surface area (Å²) in [4.78, 5) is 10.8. The van der Waals surface area contributed by atoms with Crippen LogP contribution in [0.4, 0.5) is 0 Å². The molecule has 0 unspecified atom stereocenters. The lowest BCUT2D eigenvalue weighted by molar-refractivity contribution is 0.0697. The van der Waals surface area contributed by atoms with Crippen molar-refractivity contribution in [2.75, 3.05) is 6.61 Å². The van der Waals surface area contributed by atoms with Crippen LogP contribution in [0.25, 0.3) is 10.9 Å². The molecule has 2 aromatic rings. The van der Waals surface area contributed by atoms with Crippen LogP contribution in [0, 0.1) is 6.92 Å². The summed E-state index contributed by atoms with van der Waals surface area (Å²) in [6, 6.07) is 6.94. The quantitative estimate of drug-likeness (QED) is 0.824. The molecule has 2 rings (SSSR count). The fraction of sp³-hybridized carbons (Fsp3) is 0.250. The number of carbonyl (C=O) groups is 1. The number of hydrogen-bond donors (Lipinski definition) is 2. The Labute approximate surface area is 92.7 Å². The Bertz CT molecular complexity index is 542. The van der Waals surface area contributed by atoms with Gasteiger partial charge in [0.15, 0.2) is 0 Å². The minimum Gasteiger partial charge on any atom is -0.478 e. The summed E-state index contributed by atoms with van der Waals surface area (Å²) >= 11 is 0. The number of aromatic carboxylic acids is 1. The van der Waals surface area contributed by atoms with Gasteiger partial charge in [-0.2, -0.15) is 0 Å². The molecule has 0 atom stereocenters. The van der Waals surface area contributed by atoms with Crippen molar-refractivity contribution in [1.82, 2.24) is 4.57 Å². The van der Waals surface area contributed by atoms with Gasteiger partial charge in [-0.1, -0.05) is 0 Å². The molecule has 0 radical (unpaired) electrons. The predicted octanol–water partition coefficient (Wildman–Crippen LogP) is 1.64. The maximum absolute atomic E-state index is 10.8. The summed E-state index contributed by atoms with van der Waals surface area (Å²) in [6.07, 6.45) is 0. The zero-order valence-electron chi connectivity index (χ0n) is 8.97. The predicted molar refractivity (Wildman–Crippen MR) is 60.7 cm³/mol. The van der Waals surface area contributed by atoms with E-state index in [0.717, 1.165) is 16.6 Å². The number of aryl methyl sites for hydroxylation is 1. The molecule has 1 aromatic heterocycles. The van der Waals surface area contributed by atoms with Gasteiger partial charge < -0.3 is 14.8 Å². The smallest absolute Gasteiger partial charge is 0.335 e. The molecule has 4 heteroatoms. The van der Waals surface area contributed by atoms with Crippen molar-refractivity contribution in [3.63, 3.8) is 0 Å². The number of aliphatic hydroxyl groups excluding tert-OH is 1. The molecule has 0 aliphatic carbocycles. The first-order chi connectivity index (χ1) is 7.63. The molecule has 16 heavy (non-hydrogen) atoms. The molecule has 0 saturated heterocycles. The number of benzene rings is 1. The lowest BCUT2D eigenvalue weighted by Crippen LogP contribution is -2.03. The second-order valence-electron chi connectivity index (χ2n) is 3.74. The Balaban J connectivity index is 2.60. The van der Waals surface area contributed by atoms with Crippen LogP contribution in [0.1, 0.15) is 16.1 Å². The Kier molecular flexibility index (Phi) is 2.66. The average Bonchev–Trinajstić information content (AvgIpc) is 2.55. The van der Waals surface area contributed by atoms with Crippen molar-refractivity contribution < 1.29 is 15.0 Å². The van der Waals surface area contributed by atoms with E-state index in [1.54, 1.807) is 18.2 Å². The van der Waals surface area contributed by atoms with Gasteiger partial charge in [-0.25, -0.2) is 4.79 Å². The SMILES string of the molecule is Cc1cc2cc(C(=O)O)ccc2n1CCO. The molecule has 0 fully saturated rings. The van der Waals surface area contributed by atoms with E-state index in [1.807, 2.05) is 17.6 Å². The highest BCUT2D eigenvalue weighted by Gasteiger charge is 2.08. The zero-order valence-corrected chi connectivity index (χ0v) is 8.97. The second kappa shape index (κ2) is 3.98. The van der Waals surface area contributed by atoms with Gasteiger partial charge >= 0.3 is 5.97 Å². The number of hydrogen-bond acceptors (Lipinski definition) is 2. The van der Waals surface area contributed by atoms with Crippen LogP contribution in [0.3, 0.4) is 0 Å². The maximum Gasteiger partial charge on any atom is 0.335 e. The summed E-state index contributed by atoms with van der Waals surface area (Å²) in [5.41, 5.74) is 2.26. The van der Waals surface area contributed by atoms with Crippen LogP contribution >= 0.6 is 0 Å². The number of aliphatic hydroxyl groups is 1. The van der Waals surface area contributed by atoms with E-state index in [-0.39, 0.29) is 12.2 Å². The van der Waals surface area contributed by atoms with Crippen LogP contribution in [-0.2, 0) is 6.54 Å². The molecule has 1 aromatic carbocycles. The van der Waals surface area contributed by atoms with Crippen molar-refractivity contribution in [3.8, 4) is 0 Å². The first-order valence-corrected chi connectivity index (χ1v) is 5.07. The molecule has 4 nitrogen and oxygen atoms in total. The molecular formula is C12H13NO3. The largest absolute Gasteiger partial charge is 0.478 e. The van der Waals surface area contributed by atoms with Crippen molar-refractivity contribution in [1.29, 1.82) is 0 Å². The van der Waals surface area contributed by atoms with Crippen LogP contribution in [-0.4, -0.2) is 27.4 Å². The van der Waals surface area contributed by atoms with Gasteiger partial charge in [0, 0.05) is 23.1 Å². The van der Waals surface area contributed by atoms with Crippen molar-refractivity contribution >= 4 is 16.9 Å². The Morgan fingerprint density at radius 1 is 1.38 bits per heavy atom. The molecule has 0 aliphatic heterocycles. The monoisotopic (exact) mass is 219 g/mol. The minimum atomic E-state index is -0.922. The number of rotatable bonds is 3. The van der Waals surface area contributed by atoms with Crippen molar-refractivity contribution in [2.45, 2.75) is 13.5 Å². The number of aromatic nitrogens is 1. The summed E-state index contributed by atoms with van der Waals surface area (Å²) < 4.78 is 1.97. The zero-order chi connectivity index (χ0) is 11.7.